The monoisotopic (exact) mass is 190 g/mol. The Hall–Kier alpha value is 0.250. The lowest BCUT2D eigenvalue weighted by Crippen LogP contribution is -2.31. The first kappa shape index (κ1) is 10.3. The molecule has 0 N–H and O–H groups in total. The fourth-order valence-corrected chi connectivity index (χ4v) is 2.09. The van der Waals surface area contributed by atoms with Crippen LogP contribution in [-0.4, -0.2) is 17.6 Å². The minimum Gasteiger partial charge on any atom is -0.374 e. The highest BCUT2D eigenvalue weighted by Gasteiger charge is 2.41. The van der Waals surface area contributed by atoms with Crippen LogP contribution in [0.1, 0.15) is 34.1 Å². The lowest BCUT2D eigenvalue weighted by molar-refractivity contribution is 0.0361. The first-order chi connectivity index (χ1) is 5.43. The molecule has 1 heterocycles. The zero-order valence-corrected chi connectivity index (χ0v) is 9.19. The van der Waals surface area contributed by atoms with Crippen molar-refractivity contribution < 1.29 is 4.74 Å². The van der Waals surface area contributed by atoms with Gasteiger partial charge in [0.2, 0.25) is 0 Å². The summed E-state index contributed by atoms with van der Waals surface area (Å²) in [5, 5.41) is 0.180. The van der Waals surface area contributed by atoms with E-state index in [1.165, 1.54) is 6.42 Å². The molecule has 0 saturated carbocycles. The van der Waals surface area contributed by atoms with Gasteiger partial charge in [-0.05, 0) is 26.2 Å². The third-order valence-electron chi connectivity index (χ3n) is 2.52. The topological polar surface area (TPSA) is 9.23 Å². The van der Waals surface area contributed by atoms with Gasteiger partial charge in [0.15, 0.2) is 0 Å². The molecule has 1 nitrogen and oxygen atoms in total. The van der Waals surface area contributed by atoms with E-state index in [1.54, 1.807) is 0 Å². The highest BCUT2D eigenvalue weighted by molar-refractivity contribution is 6.21. The average Bonchev–Trinajstić information content (AvgIpc) is 2.15. The van der Waals surface area contributed by atoms with Crippen LogP contribution in [0.2, 0.25) is 0 Å². The molecule has 0 spiro atoms. The molecule has 1 rings (SSSR count). The smallest absolute Gasteiger partial charge is 0.0793 e. The maximum atomic E-state index is 6.29. The molecule has 2 heteroatoms. The van der Waals surface area contributed by atoms with Gasteiger partial charge in [0, 0.05) is 5.92 Å². The lowest BCUT2D eigenvalue weighted by atomic mass is 9.90. The van der Waals surface area contributed by atoms with Crippen LogP contribution in [-0.2, 0) is 4.74 Å². The third kappa shape index (κ3) is 2.14. The van der Waals surface area contributed by atoms with Crippen LogP contribution in [0.15, 0.2) is 0 Å². The number of hydrogen-bond donors (Lipinski definition) is 0. The second-order valence-corrected chi connectivity index (χ2v) is 5.18. The predicted molar refractivity (Wildman–Crippen MR) is 52.6 cm³/mol. The molecule has 0 aromatic carbocycles. The molecule has 0 radical (unpaired) electrons. The molecule has 72 valence electrons. The van der Waals surface area contributed by atoms with Crippen molar-refractivity contribution in [2.75, 3.05) is 6.61 Å². The van der Waals surface area contributed by atoms with E-state index in [0.29, 0.717) is 11.8 Å². The first-order valence-electron chi connectivity index (χ1n) is 4.71. The molecule has 1 saturated heterocycles. The Kier molecular flexibility index (Phi) is 3.06. The second kappa shape index (κ2) is 3.55. The normalized spacial score (nSPS) is 34.5. The van der Waals surface area contributed by atoms with Crippen molar-refractivity contribution in [1.29, 1.82) is 0 Å². The van der Waals surface area contributed by atoms with Crippen LogP contribution < -0.4 is 0 Å². The number of halogens is 1. The molecule has 0 amide bonds. The van der Waals surface area contributed by atoms with Gasteiger partial charge in [0.05, 0.1) is 17.6 Å². The summed E-state index contributed by atoms with van der Waals surface area (Å²) in [5.74, 6) is 1.26. The van der Waals surface area contributed by atoms with Crippen LogP contribution in [0.3, 0.4) is 0 Å². The minimum absolute atomic E-state index is 0.124. The van der Waals surface area contributed by atoms with Crippen LogP contribution in [0.4, 0.5) is 0 Å². The molecular formula is C10H19ClO. The lowest BCUT2D eigenvalue weighted by Gasteiger charge is -2.23. The second-order valence-electron chi connectivity index (χ2n) is 4.71. The van der Waals surface area contributed by atoms with Crippen LogP contribution >= 0.6 is 11.6 Å². The van der Waals surface area contributed by atoms with Crippen LogP contribution in [0.25, 0.3) is 0 Å². The van der Waals surface area contributed by atoms with Gasteiger partial charge in [-0.15, -0.1) is 11.6 Å². The number of ether oxygens (including phenoxy) is 1. The van der Waals surface area contributed by atoms with E-state index in [0.717, 1.165) is 6.61 Å². The number of hydrogen-bond acceptors (Lipinski definition) is 1. The van der Waals surface area contributed by atoms with Crippen LogP contribution in [0.5, 0.6) is 0 Å². The van der Waals surface area contributed by atoms with E-state index in [9.17, 15) is 0 Å². The van der Waals surface area contributed by atoms with Crippen molar-refractivity contribution in [2.24, 2.45) is 11.8 Å². The number of alkyl halides is 1. The molecule has 1 fully saturated rings. The molecule has 2 atom stereocenters. The van der Waals surface area contributed by atoms with Crippen molar-refractivity contribution in [3.05, 3.63) is 0 Å². The summed E-state index contributed by atoms with van der Waals surface area (Å²) in [6, 6.07) is 0. The van der Waals surface area contributed by atoms with Gasteiger partial charge < -0.3 is 4.74 Å². The Morgan fingerprint density at radius 1 is 1.50 bits per heavy atom. The van der Waals surface area contributed by atoms with E-state index in [1.807, 2.05) is 0 Å². The summed E-state index contributed by atoms with van der Waals surface area (Å²) < 4.78 is 5.63. The Morgan fingerprint density at radius 3 is 2.42 bits per heavy atom. The van der Waals surface area contributed by atoms with Gasteiger partial charge in [0.25, 0.3) is 0 Å². The summed E-state index contributed by atoms with van der Waals surface area (Å²) in [6.07, 6.45) is 1.18. The van der Waals surface area contributed by atoms with E-state index in [2.05, 4.69) is 27.7 Å². The van der Waals surface area contributed by atoms with Crippen molar-refractivity contribution in [1.82, 2.24) is 0 Å². The van der Waals surface area contributed by atoms with E-state index in [4.69, 9.17) is 16.3 Å². The molecule has 2 unspecified atom stereocenters. The maximum Gasteiger partial charge on any atom is 0.0793 e. The van der Waals surface area contributed by atoms with Gasteiger partial charge >= 0.3 is 0 Å². The molecule has 0 aromatic heterocycles. The molecular weight excluding hydrogens is 172 g/mol. The number of rotatable bonds is 2. The highest BCUT2D eigenvalue weighted by Crippen LogP contribution is 2.37. The van der Waals surface area contributed by atoms with Gasteiger partial charge in [-0.3, -0.25) is 0 Å². The molecule has 0 aromatic rings. The van der Waals surface area contributed by atoms with E-state index in [-0.39, 0.29) is 11.0 Å². The summed E-state index contributed by atoms with van der Waals surface area (Å²) >= 11 is 6.29. The zero-order valence-electron chi connectivity index (χ0n) is 8.43. The predicted octanol–water partition coefficient (Wildman–Crippen LogP) is 3.06. The molecule has 1 aliphatic heterocycles. The standard InChI is InChI=1S/C10H19ClO/c1-7(2)5-8-6-12-10(3,4)9(8)11/h7-9H,5-6H2,1-4H3. The maximum absolute atomic E-state index is 6.29. The summed E-state index contributed by atoms with van der Waals surface area (Å²) in [4.78, 5) is 0. The average molecular weight is 191 g/mol. The molecule has 0 aliphatic carbocycles. The largest absolute Gasteiger partial charge is 0.374 e. The van der Waals surface area contributed by atoms with Crippen molar-refractivity contribution in [3.8, 4) is 0 Å². The third-order valence-corrected chi connectivity index (χ3v) is 3.40. The summed E-state index contributed by atoms with van der Waals surface area (Å²) in [5.41, 5.74) is -0.124. The molecule has 0 bridgehead atoms. The van der Waals surface area contributed by atoms with Crippen LogP contribution in [0, 0.1) is 11.8 Å². The Morgan fingerprint density at radius 2 is 2.08 bits per heavy atom. The summed E-state index contributed by atoms with van der Waals surface area (Å²) in [7, 11) is 0. The van der Waals surface area contributed by atoms with E-state index < -0.39 is 0 Å². The summed E-state index contributed by atoms with van der Waals surface area (Å²) in [6.45, 7) is 9.44. The van der Waals surface area contributed by atoms with Gasteiger partial charge in [-0.25, -0.2) is 0 Å². The first-order valence-corrected chi connectivity index (χ1v) is 5.15. The fraction of sp³-hybridized carbons (Fsp3) is 1.00. The van der Waals surface area contributed by atoms with Crippen molar-refractivity contribution >= 4 is 11.6 Å². The fourth-order valence-electron chi connectivity index (χ4n) is 1.85. The highest BCUT2D eigenvalue weighted by atomic mass is 35.5. The minimum atomic E-state index is -0.124. The molecule has 12 heavy (non-hydrogen) atoms. The molecule has 1 aliphatic rings. The van der Waals surface area contributed by atoms with E-state index >= 15 is 0 Å². The van der Waals surface area contributed by atoms with Crippen molar-refractivity contribution in [2.45, 2.75) is 45.1 Å². The SMILES string of the molecule is CC(C)CC1COC(C)(C)C1Cl. The zero-order chi connectivity index (χ0) is 9.35. The van der Waals surface area contributed by atoms with Crippen molar-refractivity contribution in [3.63, 3.8) is 0 Å². The quantitative estimate of drug-likeness (QED) is 0.609. The Balaban J connectivity index is 2.50. The van der Waals surface area contributed by atoms with Gasteiger partial charge in [-0.1, -0.05) is 13.8 Å². The van der Waals surface area contributed by atoms with Gasteiger partial charge in [-0.2, -0.15) is 0 Å². The van der Waals surface area contributed by atoms with Gasteiger partial charge in [0.1, 0.15) is 0 Å². The Labute approximate surface area is 80.4 Å². The Bertz CT molecular complexity index is 154.